The SMILES string of the molecule is CC(=O)OCC1CC(O)(O)[C@H](O)C(O[C@@H]2C[C@H]3C(C)(C)C(=O)CC[C@]3(C)[C@H]3CC[C@]45C[C@]4(CCC5[C@@H](C)C[C@@H](O)[C@H](O)C(C)(C)O)[C@@]32C)O1. The van der Waals surface area contributed by atoms with Crippen LogP contribution in [0.4, 0.5) is 0 Å². The number of aliphatic hydroxyl groups excluding tert-OH is 3. The van der Waals surface area contributed by atoms with Gasteiger partial charge in [0.1, 0.15) is 24.6 Å². The Morgan fingerprint density at radius 3 is 2.37 bits per heavy atom. The van der Waals surface area contributed by atoms with Gasteiger partial charge in [0.05, 0.1) is 17.8 Å². The fourth-order valence-corrected chi connectivity index (χ4v) is 13.2. The molecule has 5 aliphatic carbocycles. The summed E-state index contributed by atoms with van der Waals surface area (Å²) in [6, 6.07) is 0. The molecule has 280 valence electrons. The summed E-state index contributed by atoms with van der Waals surface area (Å²) in [5, 5.41) is 65.0. The zero-order valence-corrected chi connectivity index (χ0v) is 30.8. The molecule has 5 saturated carbocycles. The van der Waals surface area contributed by atoms with Crippen LogP contribution in [0.25, 0.3) is 0 Å². The lowest BCUT2D eigenvalue weighted by Crippen LogP contribution is -2.68. The largest absolute Gasteiger partial charge is 0.463 e. The molecule has 0 spiro atoms. The highest BCUT2D eigenvalue weighted by molar-refractivity contribution is 5.85. The molecule has 0 aromatic rings. The number of hydrogen-bond donors (Lipinski definition) is 6. The lowest BCUT2D eigenvalue weighted by atomic mass is 9.37. The number of fused-ring (bicyclic) bond motifs is 3. The first-order chi connectivity index (χ1) is 22.5. The fourth-order valence-electron chi connectivity index (χ4n) is 13.2. The molecule has 14 atom stereocenters. The number of hydrogen-bond acceptors (Lipinski definition) is 11. The van der Waals surface area contributed by atoms with E-state index in [0.29, 0.717) is 25.2 Å². The number of aliphatic hydroxyl groups is 6. The Bertz CT molecular complexity index is 1310. The summed E-state index contributed by atoms with van der Waals surface area (Å²) in [5.41, 5.74) is -2.63. The second-order valence-corrected chi connectivity index (χ2v) is 18.8. The summed E-state index contributed by atoms with van der Waals surface area (Å²) in [7, 11) is 0. The Kier molecular flexibility index (Phi) is 9.14. The molecule has 6 rings (SSSR count). The predicted octanol–water partition coefficient (Wildman–Crippen LogP) is 3.23. The van der Waals surface area contributed by atoms with Crippen molar-refractivity contribution in [3.63, 3.8) is 0 Å². The third kappa shape index (κ3) is 5.50. The quantitative estimate of drug-likeness (QED) is 0.118. The summed E-state index contributed by atoms with van der Waals surface area (Å²) in [6.45, 7) is 15.0. The van der Waals surface area contributed by atoms with Gasteiger partial charge in [-0.05, 0) is 105 Å². The molecule has 3 unspecified atom stereocenters. The molecular weight excluding hydrogens is 632 g/mol. The molecule has 0 bridgehead atoms. The molecular formula is C38H62O11. The Hall–Kier alpha value is -1.18. The molecule has 0 aromatic carbocycles. The van der Waals surface area contributed by atoms with Crippen LogP contribution in [-0.2, 0) is 23.8 Å². The number of Topliss-reactive ketones (excluding diaryl/α,β-unsaturated/α-hetero) is 1. The summed E-state index contributed by atoms with van der Waals surface area (Å²) >= 11 is 0. The number of carbonyl (C=O) groups excluding carboxylic acids is 2. The predicted molar refractivity (Wildman–Crippen MR) is 177 cm³/mol. The summed E-state index contributed by atoms with van der Waals surface area (Å²) in [4.78, 5) is 25.0. The van der Waals surface area contributed by atoms with Crippen molar-refractivity contribution in [1.29, 1.82) is 0 Å². The summed E-state index contributed by atoms with van der Waals surface area (Å²) in [5.74, 6) is -2.19. The van der Waals surface area contributed by atoms with E-state index in [-0.39, 0.29) is 52.8 Å². The van der Waals surface area contributed by atoms with E-state index in [1.807, 2.05) is 13.8 Å². The molecule has 6 fully saturated rings. The third-order valence-electron chi connectivity index (χ3n) is 15.6. The van der Waals surface area contributed by atoms with Crippen LogP contribution in [0.5, 0.6) is 0 Å². The molecule has 49 heavy (non-hydrogen) atoms. The lowest BCUT2D eigenvalue weighted by Gasteiger charge is -2.68. The zero-order chi connectivity index (χ0) is 36.3. The monoisotopic (exact) mass is 694 g/mol. The van der Waals surface area contributed by atoms with Gasteiger partial charge in [-0.2, -0.15) is 0 Å². The molecule has 6 aliphatic rings. The van der Waals surface area contributed by atoms with Crippen LogP contribution in [-0.4, -0.2) is 97.2 Å². The molecule has 0 aromatic heterocycles. The van der Waals surface area contributed by atoms with Gasteiger partial charge < -0.3 is 44.8 Å². The second-order valence-electron chi connectivity index (χ2n) is 18.8. The fraction of sp³-hybridized carbons (Fsp3) is 0.947. The van der Waals surface area contributed by atoms with E-state index in [0.717, 1.165) is 38.5 Å². The van der Waals surface area contributed by atoms with Crippen molar-refractivity contribution < 1.29 is 54.4 Å². The van der Waals surface area contributed by atoms with Gasteiger partial charge in [-0.25, -0.2) is 0 Å². The van der Waals surface area contributed by atoms with E-state index in [4.69, 9.17) is 14.2 Å². The van der Waals surface area contributed by atoms with Gasteiger partial charge in [-0.15, -0.1) is 0 Å². The van der Waals surface area contributed by atoms with Gasteiger partial charge in [0.15, 0.2) is 18.2 Å². The number of carbonyl (C=O) groups is 2. The van der Waals surface area contributed by atoms with E-state index >= 15 is 0 Å². The number of rotatable bonds is 9. The van der Waals surface area contributed by atoms with Gasteiger partial charge in [0.2, 0.25) is 0 Å². The van der Waals surface area contributed by atoms with E-state index in [1.165, 1.54) is 20.8 Å². The standard InChI is InChI=1S/C38H62O11/c1-20(15-24(40)29(42)33(5,6)44)23-9-14-37-19-36(23,37)13-10-25-34(7)12-11-27(41)32(3,4)26(34)16-28(35(25,37)8)49-31-30(43)38(45,46)17-22(48-31)18-47-21(2)39/h20,22-26,28-31,40,42-46H,9-19H2,1-8H3/t20-,22?,23?,24+,25+,26-,28+,29-,30+,31?,34+,35-,36+,37+/m0/s1. The Balaban J connectivity index is 1.35. The Labute approximate surface area is 291 Å². The highest BCUT2D eigenvalue weighted by Crippen LogP contribution is 2.91. The van der Waals surface area contributed by atoms with Crippen molar-refractivity contribution in [1.82, 2.24) is 0 Å². The van der Waals surface area contributed by atoms with Crippen molar-refractivity contribution in [2.75, 3.05) is 6.61 Å². The van der Waals surface area contributed by atoms with Crippen molar-refractivity contribution in [3.8, 4) is 0 Å². The van der Waals surface area contributed by atoms with Crippen molar-refractivity contribution in [3.05, 3.63) is 0 Å². The highest BCUT2D eigenvalue weighted by Gasteiger charge is 2.85. The van der Waals surface area contributed by atoms with E-state index in [1.54, 1.807) is 0 Å². The maximum Gasteiger partial charge on any atom is 0.302 e. The Morgan fingerprint density at radius 2 is 1.73 bits per heavy atom. The van der Waals surface area contributed by atoms with Gasteiger partial charge in [-0.1, -0.05) is 34.6 Å². The average molecular weight is 695 g/mol. The maximum absolute atomic E-state index is 13.5. The minimum atomic E-state index is -2.52. The van der Waals surface area contributed by atoms with Gasteiger partial charge in [-0.3, -0.25) is 9.59 Å². The second kappa shape index (κ2) is 11.9. The van der Waals surface area contributed by atoms with Crippen molar-refractivity contribution >= 4 is 11.8 Å². The first kappa shape index (κ1) is 37.6. The minimum Gasteiger partial charge on any atom is -0.463 e. The lowest BCUT2D eigenvalue weighted by molar-refractivity contribution is -0.375. The van der Waals surface area contributed by atoms with E-state index in [9.17, 15) is 40.2 Å². The van der Waals surface area contributed by atoms with Crippen molar-refractivity contribution in [2.24, 2.45) is 50.7 Å². The zero-order valence-electron chi connectivity index (χ0n) is 30.8. The molecule has 0 amide bonds. The average Bonchev–Trinajstić information content (AvgIpc) is 3.56. The minimum absolute atomic E-state index is 0.00347. The van der Waals surface area contributed by atoms with E-state index < -0.39 is 65.0 Å². The van der Waals surface area contributed by atoms with Crippen molar-refractivity contribution in [2.45, 2.75) is 168 Å². The molecule has 1 saturated heterocycles. The van der Waals surface area contributed by atoms with Crippen LogP contribution in [0.1, 0.15) is 120 Å². The van der Waals surface area contributed by atoms with Crippen LogP contribution in [0.2, 0.25) is 0 Å². The molecule has 11 nitrogen and oxygen atoms in total. The van der Waals surface area contributed by atoms with Crippen LogP contribution in [0.3, 0.4) is 0 Å². The Morgan fingerprint density at radius 1 is 1.06 bits per heavy atom. The molecule has 1 heterocycles. The maximum atomic E-state index is 13.5. The molecule has 0 radical (unpaired) electrons. The van der Waals surface area contributed by atoms with Gasteiger partial charge in [0, 0.05) is 30.6 Å². The first-order valence-corrected chi connectivity index (χ1v) is 18.7. The number of ether oxygens (including phenoxy) is 3. The number of ketones is 1. The first-order valence-electron chi connectivity index (χ1n) is 18.7. The van der Waals surface area contributed by atoms with Gasteiger partial charge >= 0.3 is 5.97 Å². The molecule has 6 N–H and O–H groups in total. The third-order valence-corrected chi connectivity index (χ3v) is 15.6. The topological polar surface area (TPSA) is 183 Å². The summed E-state index contributed by atoms with van der Waals surface area (Å²) in [6.07, 6.45) is 0.00835. The van der Waals surface area contributed by atoms with Crippen LogP contribution in [0, 0.1) is 50.7 Å². The summed E-state index contributed by atoms with van der Waals surface area (Å²) < 4.78 is 18.2. The van der Waals surface area contributed by atoms with E-state index in [2.05, 4.69) is 20.8 Å². The van der Waals surface area contributed by atoms with Crippen LogP contribution >= 0.6 is 0 Å². The van der Waals surface area contributed by atoms with Crippen LogP contribution < -0.4 is 0 Å². The normalized spacial score (nSPS) is 47.1. The molecule has 11 heteroatoms. The number of esters is 1. The highest BCUT2D eigenvalue weighted by atomic mass is 16.7. The smallest absolute Gasteiger partial charge is 0.302 e. The van der Waals surface area contributed by atoms with Gasteiger partial charge in [0.25, 0.3) is 0 Å². The van der Waals surface area contributed by atoms with Crippen LogP contribution in [0.15, 0.2) is 0 Å². The molecule has 1 aliphatic heterocycles.